The molecule has 1 aromatic carbocycles. The van der Waals surface area contributed by atoms with E-state index in [4.69, 9.17) is 11.6 Å². The lowest BCUT2D eigenvalue weighted by Gasteiger charge is -2.03. The van der Waals surface area contributed by atoms with Gasteiger partial charge in [-0.15, -0.1) is 10.2 Å². The molecule has 0 radical (unpaired) electrons. The molecule has 0 aliphatic rings. The fourth-order valence-corrected chi connectivity index (χ4v) is 1.55. The van der Waals surface area contributed by atoms with Crippen LogP contribution in [0.25, 0.3) is 0 Å². The average Bonchev–Trinajstić information content (AvgIpc) is 2.40. The lowest BCUT2D eigenvalue weighted by molar-refractivity contribution is 0.897. The van der Waals surface area contributed by atoms with Gasteiger partial charge in [0.15, 0.2) is 0 Å². The molecule has 0 aliphatic heterocycles. The quantitative estimate of drug-likeness (QED) is 0.664. The Bertz CT molecular complexity index is 680. The Morgan fingerprint density at radius 1 is 1.42 bits per heavy atom. The SMILES string of the molecule is C/C(=N/Nc1nnc(C)c(=O)[nH]1)c1cccc(Cl)c1. The summed E-state index contributed by atoms with van der Waals surface area (Å²) in [4.78, 5) is 13.9. The number of benzene rings is 1. The molecule has 0 unspecified atom stereocenters. The van der Waals surface area contributed by atoms with E-state index in [0.717, 1.165) is 5.56 Å². The van der Waals surface area contributed by atoms with Crippen LogP contribution in [0.15, 0.2) is 34.2 Å². The van der Waals surface area contributed by atoms with E-state index >= 15 is 0 Å². The van der Waals surface area contributed by atoms with Crippen molar-refractivity contribution in [1.29, 1.82) is 0 Å². The summed E-state index contributed by atoms with van der Waals surface area (Å²) >= 11 is 5.90. The van der Waals surface area contributed by atoms with Crippen molar-refractivity contribution in [3.63, 3.8) is 0 Å². The zero-order chi connectivity index (χ0) is 13.8. The molecule has 0 amide bonds. The Morgan fingerprint density at radius 2 is 2.21 bits per heavy atom. The van der Waals surface area contributed by atoms with Crippen LogP contribution in [0.4, 0.5) is 5.95 Å². The molecule has 7 heteroatoms. The van der Waals surface area contributed by atoms with Crippen molar-refractivity contribution in [2.45, 2.75) is 13.8 Å². The number of hydrogen-bond acceptors (Lipinski definition) is 5. The summed E-state index contributed by atoms with van der Waals surface area (Å²) < 4.78 is 0. The summed E-state index contributed by atoms with van der Waals surface area (Å²) in [6.45, 7) is 3.40. The summed E-state index contributed by atoms with van der Waals surface area (Å²) in [6, 6.07) is 7.31. The van der Waals surface area contributed by atoms with E-state index in [-0.39, 0.29) is 11.5 Å². The number of halogens is 1. The average molecular weight is 278 g/mol. The molecule has 19 heavy (non-hydrogen) atoms. The topological polar surface area (TPSA) is 83.0 Å². The third-order valence-electron chi connectivity index (χ3n) is 2.43. The third-order valence-corrected chi connectivity index (χ3v) is 2.67. The largest absolute Gasteiger partial charge is 0.288 e. The monoisotopic (exact) mass is 277 g/mol. The molecule has 6 nitrogen and oxygen atoms in total. The number of nitrogens with zero attached hydrogens (tertiary/aromatic N) is 3. The molecule has 0 atom stereocenters. The lowest BCUT2D eigenvalue weighted by atomic mass is 10.1. The fraction of sp³-hybridized carbons (Fsp3) is 0.167. The highest BCUT2D eigenvalue weighted by atomic mass is 35.5. The first-order valence-corrected chi connectivity index (χ1v) is 5.94. The first-order chi connectivity index (χ1) is 9.06. The van der Waals surface area contributed by atoms with Crippen molar-refractivity contribution in [3.05, 3.63) is 50.9 Å². The normalized spacial score (nSPS) is 11.4. The van der Waals surface area contributed by atoms with E-state index in [1.54, 1.807) is 19.1 Å². The maximum atomic E-state index is 11.3. The summed E-state index contributed by atoms with van der Waals surface area (Å²) in [5.41, 5.74) is 4.25. The molecule has 1 aromatic heterocycles. The molecule has 0 saturated carbocycles. The van der Waals surface area contributed by atoms with Crippen molar-refractivity contribution in [1.82, 2.24) is 15.2 Å². The molecule has 1 heterocycles. The third kappa shape index (κ3) is 3.38. The second kappa shape index (κ2) is 5.62. The van der Waals surface area contributed by atoms with Gasteiger partial charge in [-0.05, 0) is 31.5 Å². The molecule has 0 spiro atoms. The van der Waals surface area contributed by atoms with Gasteiger partial charge in [-0.25, -0.2) is 5.43 Å². The van der Waals surface area contributed by atoms with Crippen LogP contribution < -0.4 is 11.0 Å². The number of anilines is 1. The van der Waals surface area contributed by atoms with Crippen molar-refractivity contribution in [3.8, 4) is 0 Å². The second-order valence-corrected chi connectivity index (χ2v) is 4.34. The predicted octanol–water partition coefficient (Wildman–Crippen LogP) is 1.96. The van der Waals surface area contributed by atoms with E-state index < -0.39 is 0 Å². The minimum atomic E-state index is -0.298. The summed E-state index contributed by atoms with van der Waals surface area (Å²) in [7, 11) is 0. The number of H-pyrrole nitrogens is 1. The fourth-order valence-electron chi connectivity index (χ4n) is 1.36. The number of hydrogen-bond donors (Lipinski definition) is 2. The summed E-state index contributed by atoms with van der Waals surface area (Å²) in [6.07, 6.45) is 0. The van der Waals surface area contributed by atoms with Crippen molar-refractivity contribution in [2.24, 2.45) is 5.10 Å². The van der Waals surface area contributed by atoms with Crippen molar-refractivity contribution < 1.29 is 0 Å². The Balaban J connectivity index is 2.18. The van der Waals surface area contributed by atoms with E-state index in [9.17, 15) is 4.79 Å². The van der Waals surface area contributed by atoms with Gasteiger partial charge in [-0.3, -0.25) is 9.78 Å². The van der Waals surface area contributed by atoms with Gasteiger partial charge in [0.2, 0.25) is 5.95 Å². The Labute approximate surface area is 114 Å². The van der Waals surface area contributed by atoms with E-state index in [0.29, 0.717) is 16.4 Å². The lowest BCUT2D eigenvalue weighted by Crippen LogP contribution is -2.16. The van der Waals surface area contributed by atoms with Gasteiger partial charge in [0.05, 0.1) is 5.71 Å². The highest BCUT2D eigenvalue weighted by molar-refractivity contribution is 6.31. The minimum absolute atomic E-state index is 0.192. The molecule has 0 fully saturated rings. The van der Waals surface area contributed by atoms with Crippen LogP contribution >= 0.6 is 11.6 Å². The van der Waals surface area contributed by atoms with Gasteiger partial charge >= 0.3 is 0 Å². The molecule has 2 rings (SSSR count). The maximum Gasteiger partial charge on any atom is 0.274 e. The Kier molecular flexibility index (Phi) is 3.91. The first kappa shape index (κ1) is 13.2. The van der Waals surface area contributed by atoms with E-state index in [1.165, 1.54) is 0 Å². The van der Waals surface area contributed by atoms with Crippen LogP contribution in [0.2, 0.25) is 5.02 Å². The predicted molar refractivity (Wildman–Crippen MR) is 74.7 cm³/mol. The van der Waals surface area contributed by atoms with Crippen LogP contribution in [-0.4, -0.2) is 20.9 Å². The second-order valence-electron chi connectivity index (χ2n) is 3.91. The summed E-state index contributed by atoms with van der Waals surface area (Å²) in [5.74, 6) is 0.192. The van der Waals surface area contributed by atoms with Gasteiger partial charge < -0.3 is 0 Å². The highest BCUT2D eigenvalue weighted by Crippen LogP contribution is 2.11. The number of aromatic amines is 1. The van der Waals surface area contributed by atoms with Crippen LogP contribution in [0.5, 0.6) is 0 Å². The molecular formula is C12H12ClN5O. The van der Waals surface area contributed by atoms with Gasteiger partial charge in [-0.2, -0.15) is 5.10 Å². The standard InChI is InChI=1S/C12H12ClN5O/c1-7(9-4-3-5-10(13)6-9)15-17-12-14-11(19)8(2)16-18-12/h3-6H,1-2H3,(H2,14,17,18,19)/b15-7-. The van der Waals surface area contributed by atoms with Crippen LogP contribution in [0.3, 0.4) is 0 Å². The zero-order valence-electron chi connectivity index (χ0n) is 10.4. The van der Waals surface area contributed by atoms with Gasteiger partial charge in [0, 0.05) is 5.02 Å². The number of hydrazone groups is 1. The molecule has 98 valence electrons. The van der Waals surface area contributed by atoms with Gasteiger partial charge in [-0.1, -0.05) is 23.7 Å². The molecule has 0 saturated heterocycles. The molecule has 0 bridgehead atoms. The molecule has 0 aliphatic carbocycles. The maximum absolute atomic E-state index is 11.3. The number of rotatable bonds is 3. The van der Waals surface area contributed by atoms with Crippen molar-refractivity contribution in [2.75, 3.05) is 5.43 Å². The van der Waals surface area contributed by atoms with Gasteiger partial charge in [0.25, 0.3) is 5.56 Å². The summed E-state index contributed by atoms with van der Waals surface area (Å²) in [5, 5.41) is 12.2. The smallest absolute Gasteiger partial charge is 0.274 e. The molecular weight excluding hydrogens is 266 g/mol. The first-order valence-electron chi connectivity index (χ1n) is 5.56. The van der Waals surface area contributed by atoms with Gasteiger partial charge in [0.1, 0.15) is 5.69 Å². The van der Waals surface area contributed by atoms with E-state index in [2.05, 4.69) is 25.7 Å². The molecule has 2 N–H and O–H groups in total. The Morgan fingerprint density at radius 3 is 2.89 bits per heavy atom. The van der Waals surface area contributed by atoms with Crippen LogP contribution in [0, 0.1) is 6.92 Å². The molecule has 2 aromatic rings. The van der Waals surface area contributed by atoms with Crippen molar-refractivity contribution >= 4 is 23.3 Å². The number of aromatic nitrogens is 3. The number of aryl methyl sites for hydroxylation is 1. The van der Waals surface area contributed by atoms with Crippen LogP contribution in [0.1, 0.15) is 18.2 Å². The minimum Gasteiger partial charge on any atom is -0.288 e. The number of nitrogens with one attached hydrogen (secondary N) is 2. The van der Waals surface area contributed by atoms with Crippen LogP contribution in [-0.2, 0) is 0 Å². The van der Waals surface area contributed by atoms with E-state index in [1.807, 2.05) is 19.1 Å². The zero-order valence-corrected chi connectivity index (χ0v) is 11.2. The Hall–Kier alpha value is -2.21. The highest BCUT2D eigenvalue weighted by Gasteiger charge is 2.01.